The van der Waals surface area contributed by atoms with Crippen molar-refractivity contribution in [1.29, 1.82) is 0 Å². The number of nitrogens with one attached hydrogen (secondary N) is 1. The molecule has 1 heterocycles. The first-order valence-electron chi connectivity index (χ1n) is 8.53. The van der Waals surface area contributed by atoms with Crippen LogP contribution in [-0.4, -0.2) is 29.2 Å². The minimum Gasteiger partial charge on any atom is -0.494 e. The molecule has 2 aromatic rings. The number of aromatic nitrogens is 1. The molecule has 5 heteroatoms. The van der Waals surface area contributed by atoms with Crippen LogP contribution in [0.5, 0.6) is 5.75 Å². The number of aliphatic carboxylic acids is 1. The second-order valence-electron chi connectivity index (χ2n) is 6.90. The fourth-order valence-electron chi connectivity index (χ4n) is 2.67. The molecule has 0 aliphatic rings. The Balaban J connectivity index is 1.70. The summed E-state index contributed by atoms with van der Waals surface area (Å²) in [5, 5.41) is 12.2. The van der Waals surface area contributed by atoms with Crippen LogP contribution in [0.25, 0.3) is 0 Å². The Labute approximate surface area is 149 Å². The molecule has 0 fully saturated rings. The molecule has 0 saturated heterocycles. The maximum absolute atomic E-state index is 10.9. The van der Waals surface area contributed by atoms with E-state index < -0.39 is 5.97 Å². The van der Waals surface area contributed by atoms with E-state index in [1.54, 1.807) is 6.20 Å². The predicted octanol–water partition coefficient (Wildman–Crippen LogP) is 4.01. The largest absolute Gasteiger partial charge is 0.494 e. The van der Waals surface area contributed by atoms with Gasteiger partial charge in [0.25, 0.3) is 0 Å². The number of rotatable bonds is 10. The van der Waals surface area contributed by atoms with Gasteiger partial charge in [-0.3, -0.25) is 4.79 Å². The van der Waals surface area contributed by atoms with Gasteiger partial charge in [-0.2, -0.15) is 0 Å². The number of pyridine rings is 1. The number of carbonyl (C=O) groups is 1. The summed E-state index contributed by atoms with van der Waals surface area (Å²) in [5.41, 5.74) is 0.862. The van der Waals surface area contributed by atoms with Crippen LogP contribution in [0, 0.1) is 5.41 Å². The zero-order valence-electron chi connectivity index (χ0n) is 14.9. The quantitative estimate of drug-likeness (QED) is 0.639. The number of carboxylic acid groups (broad SMARTS) is 1. The lowest BCUT2D eigenvalue weighted by atomic mass is 9.83. The Morgan fingerprint density at radius 3 is 2.60 bits per heavy atom. The third-order valence-electron chi connectivity index (χ3n) is 3.80. The van der Waals surface area contributed by atoms with Crippen LogP contribution in [0.15, 0.2) is 48.7 Å². The van der Waals surface area contributed by atoms with E-state index in [1.807, 2.05) is 56.3 Å². The average molecular weight is 342 g/mol. The molecule has 0 unspecified atom stereocenters. The van der Waals surface area contributed by atoms with Crippen molar-refractivity contribution >= 4 is 11.8 Å². The number of benzene rings is 1. The third kappa shape index (κ3) is 7.25. The molecule has 0 aliphatic carbocycles. The van der Waals surface area contributed by atoms with Crippen molar-refractivity contribution in [2.75, 3.05) is 18.5 Å². The van der Waals surface area contributed by atoms with Gasteiger partial charge in [-0.05, 0) is 48.1 Å². The Hall–Kier alpha value is -2.56. The zero-order valence-corrected chi connectivity index (χ0v) is 14.9. The van der Waals surface area contributed by atoms with Gasteiger partial charge in [-0.25, -0.2) is 4.98 Å². The van der Waals surface area contributed by atoms with Crippen LogP contribution in [0.3, 0.4) is 0 Å². The van der Waals surface area contributed by atoms with Crippen LogP contribution in [0.1, 0.15) is 32.3 Å². The highest BCUT2D eigenvalue weighted by Crippen LogP contribution is 2.26. The fraction of sp³-hybridized carbons (Fsp3) is 0.400. The predicted molar refractivity (Wildman–Crippen MR) is 99.0 cm³/mol. The molecule has 0 aliphatic heterocycles. The van der Waals surface area contributed by atoms with Crippen molar-refractivity contribution in [3.63, 3.8) is 0 Å². The lowest BCUT2D eigenvalue weighted by molar-refractivity contribution is -0.139. The fourth-order valence-corrected chi connectivity index (χ4v) is 2.67. The second-order valence-corrected chi connectivity index (χ2v) is 6.90. The normalized spacial score (nSPS) is 11.1. The maximum Gasteiger partial charge on any atom is 0.303 e. The van der Waals surface area contributed by atoms with Gasteiger partial charge >= 0.3 is 5.97 Å². The lowest BCUT2D eigenvalue weighted by Gasteiger charge is -2.22. The molecule has 1 aromatic heterocycles. The van der Waals surface area contributed by atoms with E-state index in [0.29, 0.717) is 6.61 Å². The molecule has 2 rings (SSSR count). The third-order valence-corrected chi connectivity index (χ3v) is 3.80. The summed E-state index contributed by atoms with van der Waals surface area (Å²) in [6.45, 7) is 5.38. The molecule has 0 radical (unpaired) electrons. The van der Waals surface area contributed by atoms with Gasteiger partial charge in [0.2, 0.25) is 0 Å². The van der Waals surface area contributed by atoms with Gasteiger partial charge in [0.15, 0.2) is 0 Å². The van der Waals surface area contributed by atoms with E-state index in [9.17, 15) is 4.79 Å². The Morgan fingerprint density at radius 2 is 1.96 bits per heavy atom. The molecule has 0 saturated carbocycles. The highest BCUT2D eigenvalue weighted by molar-refractivity contribution is 5.67. The molecule has 5 nitrogen and oxygen atoms in total. The Morgan fingerprint density at radius 1 is 1.20 bits per heavy atom. The van der Waals surface area contributed by atoms with Crippen molar-refractivity contribution < 1.29 is 14.6 Å². The molecule has 0 atom stereocenters. The van der Waals surface area contributed by atoms with Gasteiger partial charge in [0.05, 0.1) is 13.0 Å². The lowest BCUT2D eigenvalue weighted by Crippen LogP contribution is -2.19. The van der Waals surface area contributed by atoms with Crippen LogP contribution in [0.4, 0.5) is 5.82 Å². The van der Waals surface area contributed by atoms with Crippen molar-refractivity contribution in [1.82, 2.24) is 4.98 Å². The van der Waals surface area contributed by atoms with Crippen LogP contribution in [-0.2, 0) is 11.2 Å². The number of hydrogen-bond donors (Lipinski definition) is 2. The van der Waals surface area contributed by atoms with Crippen molar-refractivity contribution in [3.05, 3.63) is 54.2 Å². The summed E-state index contributed by atoms with van der Waals surface area (Å²) in [6.07, 6.45) is 3.53. The monoisotopic (exact) mass is 342 g/mol. The van der Waals surface area contributed by atoms with Crippen LogP contribution >= 0.6 is 0 Å². The highest BCUT2D eigenvalue weighted by Gasteiger charge is 2.22. The number of nitrogens with zero attached hydrogens (tertiary/aromatic N) is 1. The van der Waals surface area contributed by atoms with E-state index in [0.717, 1.165) is 36.5 Å². The molecule has 0 amide bonds. The summed E-state index contributed by atoms with van der Waals surface area (Å²) in [7, 11) is 0. The first kappa shape index (κ1) is 18.8. The van der Waals surface area contributed by atoms with E-state index in [4.69, 9.17) is 9.84 Å². The average Bonchev–Trinajstić information content (AvgIpc) is 2.55. The summed E-state index contributed by atoms with van der Waals surface area (Å²) >= 11 is 0. The molecule has 25 heavy (non-hydrogen) atoms. The minimum absolute atomic E-state index is 0.161. The van der Waals surface area contributed by atoms with E-state index in [-0.39, 0.29) is 11.8 Å². The standard InChI is InChI=1S/C20H26N2O3/c1-20(2,15-19(23)24)14-16-7-9-17(10-8-16)25-13-5-12-22-18-6-3-4-11-21-18/h3-4,6-11H,5,12-15H2,1-2H3,(H,21,22)(H,23,24). The maximum atomic E-state index is 10.9. The van der Waals surface area contributed by atoms with Gasteiger partial charge in [0, 0.05) is 12.7 Å². The second kappa shape index (κ2) is 9.06. The number of ether oxygens (including phenoxy) is 1. The molecule has 134 valence electrons. The first-order chi connectivity index (χ1) is 11.9. The van der Waals surface area contributed by atoms with E-state index >= 15 is 0 Å². The molecular weight excluding hydrogens is 316 g/mol. The molecule has 1 aromatic carbocycles. The van der Waals surface area contributed by atoms with Gasteiger partial charge in [-0.1, -0.05) is 32.0 Å². The Kier molecular flexibility index (Phi) is 6.81. The van der Waals surface area contributed by atoms with Gasteiger partial charge in [0.1, 0.15) is 11.6 Å². The zero-order chi connectivity index (χ0) is 18.1. The number of hydrogen-bond acceptors (Lipinski definition) is 4. The molecule has 0 spiro atoms. The van der Waals surface area contributed by atoms with E-state index in [2.05, 4.69) is 10.3 Å². The minimum atomic E-state index is -0.760. The smallest absolute Gasteiger partial charge is 0.303 e. The topological polar surface area (TPSA) is 71.5 Å². The van der Waals surface area contributed by atoms with Gasteiger partial charge in [-0.15, -0.1) is 0 Å². The number of carboxylic acids is 1. The molecule has 0 bridgehead atoms. The SMILES string of the molecule is CC(C)(CC(=O)O)Cc1ccc(OCCCNc2ccccn2)cc1. The highest BCUT2D eigenvalue weighted by atomic mass is 16.5. The number of anilines is 1. The summed E-state index contributed by atoms with van der Waals surface area (Å²) in [4.78, 5) is 15.1. The van der Waals surface area contributed by atoms with Crippen LogP contribution in [0.2, 0.25) is 0 Å². The first-order valence-corrected chi connectivity index (χ1v) is 8.53. The molecule has 2 N–H and O–H groups in total. The van der Waals surface area contributed by atoms with E-state index in [1.165, 1.54) is 0 Å². The van der Waals surface area contributed by atoms with Crippen molar-refractivity contribution in [2.24, 2.45) is 5.41 Å². The summed E-state index contributed by atoms with van der Waals surface area (Å²) in [5.74, 6) is 0.942. The Bertz CT molecular complexity index is 654. The van der Waals surface area contributed by atoms with Gasteiger partial charge < -0.3 is 15.2 Å². The van der Waals surface area contributed by atoms with Crippen molar-refractivity contribution in [2.45, 2.75) is 33.1 Å². The van der Waals surface area contributed by atoms with Crippen LogP contribution < -0.4 is 10.1 Å². The molecular formula is C20H26N2O3. The van der Waals surface area contributed by atoms with Crippen molar-refractivity contribution in [3.8, 4) is 5.75 Å². The summed E-state index contributed by atoms with van der Waals surface area (Å²) in [6, 6.07) is 13.7. The summed E-state index contributed by atoms with van der Waals surface area (Å²) < 4.78 is 5.74.